The van der Waals surface area contributed by atoms with Gasteiger partial charge in [-0.05, 0) is 13.3 Å². The first kappa shape index (κ1) is 9.26. The Morgan fingerprint density at radius 1 is 1.75 bits per heavy atom. The molecule has 1 saturated heterocycles. The molecule has 1 aliphatic rings. The third-order valence-corrected chi connectivity index (χ3v) is 1.96. The molecule has 68 valence electrons. The van der Waals surface area contributed by atoms with E-state index in [0.717, 1.165) is 6.42 Å². The van der Waals surface area contributed by atoms with Crippen LogP contribution in [0.3, 0.4) is 0 Å². The minimum atomic E-state index is -0.363. The molecule has 2 atom stereocenters. The van der Waals surface area contributed by atoms with E-state index in [1.165, 1.54) is 0 Å². The lowest BCUT2D eigenvalue weighted by Crippen LogP contribution is -2.42. The summed E-state index contributed by atoms with van der Waals surface area (Å²) in [5.74, 6) is 0.00597. The third-order valence-electron chi connectivity index (χ3n) is 1.96. The quantitative estimate of drug-likeness (QED) is 0.475. The number of ether oxygens (including phenoxy) is 2. The molecule has 0 N–H and O–H groups in total. The fourth-order valence-corrected chi connectivity index (χ4v) is 0.958. The van der Waals surface area contributed by atoms with Gasteiger partial charge in [0.15, 0.2) is 0 Å². The van der Waals surface area contributed by atoms with Gasteiger partial charge in [-0.1, -0.05) is 13.5 Å². The number of hydrogen-bond acceptors (Lipinski definition) is 3. The van der Waals surface area contributed by atoms with Crippen LogP contribution in [-0.4, -0.2) is 18.9 Å². The van der Waals surface area contributed by atoms with Crippen LogP contribution in [0.5, 0.6) is 0 Å². The SMILES string of the molecule is C=C(C)C(=O)OC1OCC1CC. The summed E-state index contributed by atoms with van der Waals surface area (Å²) in [4.78, 5) is 11.0. The van der Waals surface area contributed by atoms with Crippen LogP contribution in [0.2, 0.25) is 0 Å². The van der Waals surface area contributed by atoms with Crippen LogP contribution in [0.25, 0.3) is 0 Å². The van der Waals surface area contributed by atoms with Crippen molar-refractivity contribution in [1.29, 1.82) is 0 Å². The molecule has 0 aromatic carbocycles. The van der Waals surface area contributed by atoms with E-state index in [2.05, 4.69) is 13.5 Å². The lowest BCUT2D eigenvalue weighted by molar-refractivity contribution is -0.248. The Kier molecular flexibility index (Phi) is 2.87. The summed E-state index contributed by atoms with van der Waals surface area (Å²) in [5, 5.41) is 0. The summed E-state index contributed by atoms with van der Waals surface area (Å²) >= 11 is 0. The summed E-state index contributed by atoms with van der Waals surface area (Å²) in [6.45, 7) is 7.86. The van der Waals surface area contributed by atoms with Gasteiger partial charge in [0, 0.05) is 11.5 Å². The number of esters is 1. The highest BCUT2D eigenvalue weighted by Crippen LogP contribution is 2.24. The summed E-state index contributed by atoms with van der Waals surface area (Å²) in [7, 11) is 0. The lowest BCUT2D eigenvalue weighted by Gasteiger charge is -2.34. The van der Waals surface area contributed by atoms with Crippen LogP contribution in [0, 0.1) is 5.92 Å². The van der Waals surface area contributed by atoms with E-state index in [1.807, 2.05) is 0 Å². The van der Waals surface area contributed by atoms with E-state index in [-0.39, 0.29) is 12.3 Å². The van der Waals surface area contributed by atoms with Crippen LogP contribution < -0.4 is 0 Å². The van der Waals surface area contributed by atoms with Crippen molar-refractivity contribution in [3.8, 4) is 0 Å². The minimum Gasteiger partial charge on any atom is -0.432 e. The highest BCUT2D eigenvalue weighted by molar-refractivity contribution is 5.87. The molecule has 0 aromatic heterocycles. The molecule has 0 aliphatic carbocycles. The molecule has 0 amide bonds. The van der Waals surface area contributed by atoms with Crippen LogP contribution >= 0.6 is 0 Å². The van der Waals surface area contributed by atoms with Crippen molar-refractivity contribution in [2.75, 3.05) is 6.61 Å². The van der Waals surface area contributed by atoms with Crippen molar-refractivity contribution in [2.45, 2.75) is 26.6 Å². The molecule has 3 heteroatoms. The van der Waals surface area contributed by atoms with Gasteiger partial charge < -0.3 is 9.47 Å². The van der Waals surface area contributed by atoms with Gasteiger partial charge >= 0.3 is 5.97 Å². The van der Waals surface area contributed by atoms with Crippen molar-refractivity contribution in [2.24, 2.45) is 5.92 Å². The van der Waals surface area contributed by atoms with E-state index in [1.54, 1.807) is 6.92 Å². The van der Waals surface area contributed by atoms with Gasteiger partial charge in [-0.3, -0.25) is 0 Å². The van der Waals surface area contributed by atoms with Gasteiger partial charge in [-0.25, -0.2) is 4.79 Å². The lowest BCUT2D eigenvalue weighted by atomic mass is 10.0. The van der Waals surface area contributed by atoms with Gasteiger partial charge in [0.1, 0.15) is 0 Å². The molecular formula is C9H14O3. The zero-order valence-electron chi connectivity index (χ0n) is 7.50. The first-order chi connectivity index (χ1) is 5.65. The van der Waals surface area contributed by atoms with Gasteiger partial charge in [0.2, 0.25) is 6.29 Å². The molecule has 1 fully saturated rings. The first-order valence-electron chi connectivity index (χ1n) is 4.13. The predicted octanol–water partition coefficient (Wildman–Crippen LogP) is 1.49. The first-order valence-corrected chi connectivity index (χ1v) is 4.13. The monoisotopic (exact) mass is 170 g/mol. The smallest absolute Gasteiger partial charge is 0.335 e. The molecule has 1 rings (SSSR count). The van der Waals surface area contributed by atoms with Crippen molar-refractivity contribution in [1.82, 2.24) is 0 Å². The van der Waals surface area contributed by atoms with Crippen LogP contribution in [0.15, 0.2) is 12.2 Å². The van der Waals surface area contributed by atoms with Crippen LogP contribution in [0.1, 0.15) is 20.3 Å². The van der Waals surface area contributed by atoms with Gasteiger partial charge in [-0.2, -0.15) is 0 Å². The Bertz CT molecular complexity index is 196. The molecule has 3 nitrogen and oxygen atoms in total. The largest absolute Gasteiger partial charge is 0.432 e. The molecule has 2 unspecified atom stereocenters. The van der Waals surface area contributed by atoms with Crippen molar-refractivity contribution in [3.05, 3.63) is 12.2 Å². The van der Waals surface area contributed by atoms with Crippen molar-refractivity contribution >= 4 is 5.97 Å². The molecule has 0 radical (unpaired) electrons. The Morgan fingerprint density at radius 2 is 2.42 bits per heavy atom. The summed E-state index contributed by atoms with van der Waals surface area (Å²) in [6, 6.07) is 0. The molecule has 1 aliphatic heterocycles. The Balaban J connectivity index is 2.32. The normalized spacial score (nSPS) is 27.5. The van der Waals surface area contributed by atoms with Crippen LogP contribution in [0.4, 0.5) is 0 Å². The highest BCUT2D eigenvalue weighted by atomic mass is 16.7. The second-order valence-corrected chi connectivity index (χ2v) is 3.06. The van der Waals surface area contributed by atoms with Gasteiger partial charge in [0.25, 0.3) is 0 Å². The Hall–Kier alpha value is -0.830. The second kappa shape index (κ2) is 3.72. The number of carbonyl (C=O) groups excluding carboxylic acids is 1. The highest BCUT2D eigenvalue weighted by Gasteiger charge is 2.33. The van der Waals surface area contributed by atoms with E-state index in [0.29, 0.717) is 18.1 Å². The van der Waals surface area contributed by atoms with E-state index in [9.17, 15) is 4.79 Å². The molecule has 1 heterocycles. The standard InChI is InChI=1S/C9H14O3/c1-4-7-5-11-9(7)12-8(10)6(2)3/h7,9H,2,4-5H2,1,3H3. The summed E-state index contributed by atoms with van der Waals surface area (Å²) in [6.07, 6.45) is 0.646. The third kappa shape index (κ3) is 1.85. The maximum absolute atomic E-state index is 11.0. The zero-order valence-corrected chi connectivity index (χ0v) is 7.50. The van der Waals surface area contributed by atoms with E-state index in [4.69, 9.17) is 9.47 Å². The summed E-state index contributed by atoms with van der Waals surface area (Å²) in [5.41, 5.74) is 0.417. The van der Waals surface area contributed by atoms with Gasteiger partial charge in [0.05, 0.1) is 6.61 Å². The molecule has 0 saturated carbocycles. The van der Waals surface area contributed by atoms with Crippen molar-refractivity contribution in [3.63, 3.8) is 0 Å². The average molecular weight is 170 g/mol. The van der Waals surface area contributed by atoms with Gasteiger partial charge in [-0.15, -0.1) is 0 Å². The number of rotatable bonds is 3. The van der Waals surface area contributed by atoms with E-state index < -0.39 is 0 Å². The maximum Gasteiger partial charge on any atom is 0.335 e. The minimum absolute atomic E-state index is 0.334. The van der Waals surface area contributed by atoms with Crippen molar-refractivity contribution < 1.29 is 14.3 Å². The molecule has 12 heavy (non-hydrogen) atoms. The Morgan fingerprint density at radius 3 is 2.75 bits per heavy atom. The Labute approximate surface area is 72.4 Å². The number of hydrogen-bond donors (Lipinski definition) is 0. The second-order valence-electron chi connectivity index (χ2n) is 3.06. The topological polar surface area (TPSA) is 35.5 Å². The molecular weight excluding hydrogens is 156 g/mol. The molecule has 0 spiro atoms. The predicted molar refractivity (Wildman–Crippen MR) is 44.4 cm³/mol. The van der Waals surface area contributed by atoms with Crippen LogP contribution in [-0.2, 0) is 14.3 Å². The molecule has 0 bridgehead atoms. The molecule has 0 aromatic rings. The van der Waals surface area contributed by atoms with E-state index >= 15 is 0 Å². The zero-order chi connectivity index (χ0) is 9.14. The number of carbonyl (C=O) groups is 1. The maximum atomic E-state index is 11.0. The summed E-state index contributed by atoms with van der Waals surface area (Å²) < 4.78 is 10.1. The average Bonchev–Trinajstić information content (AvgIpc) is 1.98. The fraction of sp³-hybridized carbons (Fsp3) is 0.667. The fourth-order valence-electron chi connectivity index (χ4n) is 0.958.